The van der Waals surface area contributed by atoms with Gasteiger partial charge in [-0.05, 0) is 50.2 Å². The molecule has 0 atom stereocenters. The number of nitrogens with zero attached hydrogens (tertiary/aromatic N) is 2. The first kappa shape index (κ1) is 17.8. The molecule has 1 aromatic carbocycles. The SMILES string of the molecule is O=C(CN1CCC(C(=O)N2CCOCC2)CC1)Nc1ccc(F)cc1. The maximum absolute atomic E-state index is 12.9. The van der Waals surface area contributed by atoms with Crippen molar-refractivity contribution in [2.45, 2.75) is 12.8 Å². The summed E-state index contributed by atoms with van der Waals surface area (Å²) in [5.41, 5.74) is 0.587. The summed E-state index contributed by atoms with van der Waals surface area (Å²) in [7, 11) is 0. The molecule has 6 nitrogen and oxygen atoms in total. The third-order valence-corrected chi connectivity index (χ3v) is 4.75. The van der Waals surface area contributed by atoms with Gasteiger partial charge in [0.25, 0.3) is 0 Å². The van der Waals surface area contributed by atoms with Gasteiger partial charge in [0.05, 0.1) is 19.8 Å². The van der Waals surface area contributed by atoms with Gasteiger partial charge in [0.1, 0.15) is 5.82 Å². The Morgan fingerprint density at radius 3 is 2.36 bits per heavy atom. The predicted molar refractivity (Wildman–Crippen MR) is 91.6 cm³/mol. The van der Waals surface area contributed by atoms with Gasteiger partial charge in [-0.15, -0.1) is 0 Å². The summed E-state index contributed by atoms with van der Waals surface area (Å²) in [5, 5.41) is 2.77. The molecular formula is C18H24FN3O3. The third kappa shape index (κ3) is 4.99. The van der Waals surface area contributed by atoms with Gasteiger partial charge in [-0.2, -0.15) is 0 Å². The Labute approximate surface area is 146 Å². The molecule has 1 N–H and O–H groups in total. The summed E-state index contributed by atoms with van der Waals surface area (Å²) in [6.07, 6.45) is 1.56. The fourth-order valence-corrected chi connectivity index (χ4v) is 3.32. The Bertz CT molecular complexity index is 594. The summed E-state index contributed by atoms with van der Waals surface area (Å²) in [6.45, 7) is 4.35. The number of carbonyl (C=O) groups is 2. The summed E-state index contributed by atoms with van der Waals surface area (Å²) >= 11 is 0. The quantitative estimate of drug-likeness (QED) is 0.891. The first-order chi connectivity index (χ1) is 12.1. The predicted octanol–water partition coefficient (Wildman–Crippen LogP) is 1.33. The van der Waals surface area contributed by atoms with E-state index in [9.17, 15) is 14.0 Å². The van der Waals surface area contributed by atoms with E-state index in [4.69, 9.17) is 4.74 Å². The molecule has 0 spiro atoms. The highest BCUT2D eigenvalue weighted by atomic mass is 19.1. The van der Waals surface area contributed by atoms with Gasteiger partial charge in [-0.25, -0.2) is 4.39 Å². The molecule has 2 aliphatic heterocycles. The number of nitrogens with one attached hydrogen (secondary N) is 1. The molecule has 0 aliphatic carbocycles. The summed E-state index contributed by atoms with van der Waals surface area (Å²) in [6, 6.07) is 5.72. The molecule has 0 aromatic heterocycles. The average molecular weight is 349 g/mol. The van der Waals surface area contributed by atoms with E-state index >= 15 is 0 Å². The van der Waals surface area contributed by atoms with Crippen LogP contribution in [0.15, 0.2) is 24.3 Å². The van der Waals surface area contributed by atoms with Crippen LogP contribution in [0.5, 0.6) is 0 Å². The number of carbonyl (C=O) groups excluding carboxylic acids is 2. The van der Waals surface area contributed by atoms with Crippen molar-refractivity contribution in [3.63, 3.8) is 0 Å². The lowest BCUT2D eigenvalue weighted by molar-refractivity contribution is -0.141. The Morgan fingerprint density at radius 1 is 1.08 bits per heavy atom. The summed E-state index contributed by atoms with van der Waals surface area (Å²) in [5.74, 6) is -0.178. The van der Waals surface area contributed by atoms with Gasteiger partial charge in [0.2, 0.25) is 11.8 Å². The van der Waals surface area contributed by atoms with Crippen molar-refractivity contribution in [2.75, 3.05) is 51.3 Å². The fourth-order valence-electron chi connectivity index (χ4n) is 3.32. The van der Waals surface area contributed by atoms with Crippen LogP contribution in [-0.4, -0.2) is 67.6 Å². The van der Waals surface area contributed by atoms with Gasteiger partial charge >= 0.3 is 0 Å². The van der Waals surface area contributed by atoms with Crippen LogP contribution < -0.4 is 5.32 Å². The number of rotatable bonds is 4. The fraction of sp³-hybridized carbons (Fsp3) is 0.556. The van der Waals surface area contributed by atoms with E-state index in [2.05, 4.69) is 10.2 Å². The van der Waals surface area contributed by atoms with Gasteiger partial charge < -0.3 is 15.0 Å². The van der Waals surface area contributed by atoms with E-state index in [0.29, 0.717) is 32.0 Å². The maximum Gasteiger partial charge on any atom is 0.238 e. The lowest BCUT2D eigenvalue weighted by Crippen LogP contribution is -2.47. The smallest absolute Gasteiger partial charge is 0.238 e. The molecule has 0 unspecified atom stereocenters. The third-order valence-electron chi connectivity index (χ3n) is 4.75. The first-order valence-corrected chi connectivity index (χ1v) is 8.76. The molecule has 7 heteroatoms. The van der Waals surface area contributed by atoms with Crippen LogP contribution in [0.3, 0.4) is 0 Å². The van der Waals surface area contributed by atoms with Gasteiger partial charge in [-0.3, -0.25) is 14.5 Å². The van der Waals surface area contributed by atoms with Crippen molar-refractivity contribution >= 4 is 17.5 Å². The standard InChI is InChI=1S/C18H24FN3O3/c19-15-1-3-16(4-2-15)20-17(23)13-21-7-5-14(6-8-21)18(24)22-9-11-25-12-10-22/h1-4,14H,5-13H2,(H,20,23). The molecule has 2 amide bonds. The molecule has 25 heavy (non-hydrogen) atoms. The number of halogens is 1. The Hall–Kier alpha value is -1.99. The van der Waals surface area contributed by atoms with Crippen LogP contribution in [0, 0.1) is 11.7 Å². The van der Waals surface area contributed by atoms with Crippen molar-refractivity contribution in [1.82, 2.24) is 9.80 Å². The van der Waals surface area contributed by atoms with Crippen molar-refractivity contribution in [1.29, 1.82) is 0 Å². The summed E-state index contributed by atoms with van der Waals surface area (Å²) in [4.78, 5) is 28.5. The Balaban J connectivity index is 1.41. The van der Waals surface area contributed by atoms with E-state index in [1.165, 1.54) is 12.1 Å². The van der Waals surface area contributed by atoms with Crippen LogP contribution in [0.1, 0.15) is 12.8 Å². The Kier molecular flexibility index (Phi) is 5.99. The zero-order valence-corrected chi connectivity index (χ0v) is 14.2. The van der Waals surface area contributed by atoms with E-state index in [-0.39, 0.29) is 30.1 Å². The van der Waals surface area contributed by atoms with Crippen LogP contribution in [0.2, 0.25) is 0 Å². The minimum absolute atomic E-state index is 0.0505. The van der Waals surface area contributed by atoms with E-state index in [1.807, 2.05) is 4.90 Å². The molecule has 0 bridgehead atoms. The molecule has 0 saturated carbocycles. The van der Waals surface area contributed by atoms with Crippen molar-refractivity contribution in [2.24, 2.45) is 5.92 Å². The average Bonchev–Trinajstić information content (AvgIpc) is 2.64. The largest absolute Gasteiger partial charge is 0.378 e. The highest BCUT2D eigenvalue weighted by Crippen LogP contribution is 2.20. The molecule has 2 heterocycles. The number of hydrogen-bond acceptors (Lipinski definition) is 4. The molecule has 2 saturated heterocycles. The van der Waals surface area contributed by atoms with Gasteiger partial charge in [0.15, 0.2) is 0 Å². The highest BCUT2D eigenvalue weighted by Gasteiger charge is 2.29. The molecule has 2 fully saturated rings. The number of morpholine rings is 1. The lowest BCUT2D eigenvalue weighted by Gasteiger charge is -2.35. The number of piperidine rings is 1. The van der Waals surface area contributed by atoms with Crippen LogP contribution in [0.4, 0.5) is 10.1 Å². The number of amides is 2. The topological polar surface area (TPSA) is 61.9 Å². The van der Waals surface area contributed by atoms with E-state index in [1.54, 1.807) is 12.1 Å². The molecule has 0 radical (unpaired) electrons. The molecule has 1 aromatic rings. The maximum atomic E-state index is 12.9. The number of ether oxygens (including phenoxy) is 1. The van der Waals surface area contributed by atoms with Crippen LogP contribution in [-0.2, 0) is 14.3 Å². The van der Waals surface area contributed by atoms with Crippen LogP contribution >= 0.6 is 0 Å². The van der Waals surface area contributed by atoms with Crippen molar-refractivity contribution < 1.29 is 18.7 Å². The number of anilines is 1. The molecule has 136 valence electrons. The van der Waals surface area contributed by atoms with Crippen LogP contribution in [0.25, 0.3) is 0 Å². The van der Waals surface area contributed by atoms with E-state index in [0.717, 1.165) is 25.9 Å². The molecule has 2 aliphatic rings. The first-order valence-electron chi connectivity index (χ1n) is 8.76. The van der Waals surface area contributed by atoms with Crippen molar-refractivity contribution in [3.8, 4) is 0 Å². The van der Waals surface area contributed by atoms with E-state index < -0.39 is 0 Å². The number of benzene rings is 1. The zero-order chi connectivity index (χ0) is 17.6. The monoisotopic (exact) mass is 349 g/mol. The normalized spacial score (nSPS) is 19.6. The minimum Gasteiger partial charge on any atom is -0.378 e. The van der Waals surface area contributed by atoms with Gasteiger partial charge in [-0.1, -0.05) is 0 Å². The highest BCUT2D eigenvalue weighted by molar-refractivity contribution is 5.92. The number of hydrogen-bond donors (Lipinski definition) is 1. The van der Waals surface area contributed by atoms with Crippen molar-refractivity contribution in [3.05, 3.63) is 30.1 Å². The Morgan fingerprint density at radius 2 is 1.72 bits per heavy atom. The lowest BCUT2D eigenvalue weighted by atomic mass is 9.95. The molecular weight excluding hydrogens is 325 g/mol. The van der Waals surface area contributed by atoms with Gasteiger partial charge in [0, 0.05) is 24.7 Å². The minimum atomic E-state index is -0.329. The second-order valence-electron chi connectivity index (χ2n) is 6.54. The number of likely N-dealkylation sites (tertiary alicyclic amines) is 1. The summed E-state index contributed by atoms with van der Waals surface area (Å²) < 4.78 is 18.2. The zero-order valence-electron chi connectivity index (χ0n) is 14.2. The second-order valence-corrected chi connectivity index (χ2v) is 6.54. The second kappa shape index (κ2) is 8.40. The molecule has 3 rings (SSSR count).